The molecule has 1 heterocycles. The summed E-state index contributed by atoms with van der Waals surface area (Å²) in [5, 5.41) is 2.78. The van der Waals surface area contributed by atoms with Crippen LogP contribution < -0.4 is 0 Å². The van der Waals surface area contributed by atoms with Gasteiger partial charge in [0.2, 0.25) is 0 Å². The molecule has 0 radical (unpaired) electrons. The molecule has 1 aromatic carbocycles. The van der Waals surface area contributed by atoms with Crippen molar-refractivity contribution >= 4 is 22.4 Å². The van der Waals surface area contributed by atoms with Gasteiger partial charge in [-0.3, -0.25) is 0 Å². The Balaban J connectivity index is 2.72. The molecule has 0 aliphatic carbocycles. The molecular weight excluding hydrogens is 182 g/mol. The summed E-state index contributed by atoms with van der Waals surface area (Å²) in [5.41, 5.74) is 1.33. The van der Waals surface area contributed by atoms with E-state index in [4.69, 9.17) is 11.6 Å². The van der Waals surface area contributed by atoms with Gasteiger partial charge in [0.05, 0.1) is 0 Å². The normalized spacial score (nSPS) is 10.6. The lowest BCUT2D eigenvalue weighted by Gasteiger charge is -2.01. The topological polar surface area (TPSA) is 12.9 Å². The fourth-order valence-corrected chi connectivity index (χ4v) is 1.64. The molecule has 0 spiro atoms. The van der Waals surface area contributed by atoms with Crippen LogP contribution in [-0.4, -0.2) is 4.98 Å². The molecule has 0 aliphatic heterocycles. The standard InChI is InChI=1S/C11H10ClN/c1-2-8-3-4-10-9(7-8)5-6-13-11(10)12/h3-7H,2H2,1H3. The Morgan fingerprint density at radius 3 is 2.92 bits per heavy atom. The average Bonchev–Trinajstić information content (AvgIpc) is 2.18. The molecule has 2 rings (SSSR count). The van der Waals surface area contributed by atoms with Crippen LogP contribution in [0.4, 0.5) is 0 Å². The molecule has 2 heteroatoms. The highest BCUT2D eigenvalue weighted by molar-refractivity contribution is 6.34. The molecule has 1 aromatic heterocycles. The highest BCUT2D eigenvalue weighted by Crippen LogP contribution is 2.21. The summed E-state index contributed by atoms with van der Waals surface area (Å²) in [5.74, 6) is 0. The minimum absolute atomic E-state index is 0.583. The van der Waals surface area contributed by atoms with E-state index < -0.39 is 0 Å². The second-order valence-corrected chi connectivity index (χ2v) is 3.37. The Labute approximate surface area is 82.4 Å². The van der Waals surface area contributed by atoms with Crippen LogP contribution >= 0.6 is 11.6 Å². The number of rotatable bonds is 1. The maximum Gasteiger partial charge on any atom is 0.136 e. The number of benzene rings is 1. The summed E-state index contributed by atoms with van der Waals surface area (Å²) in [4.78, 5) is 4.03. The van der Waals surface area contributed by atoms with Crippen molar-refractivity contribution in [3.8, 4) is 0 Å². The van der Waals surface area contributed by atoms with Gasteiger partial charge < -0.3 is 0 Å². The third-order valence-electron chi connectivity index (χ3n) is 2.19. The number of nitrogens with zero attached hydrogens (tertiary/aromatic N) is 1. The van der Waals surface area contributed by atoms with Gasteiger partial charge in [0.1, 0.15) is 5.15 Å². The quantitative estimate of drug-likeness (QED) is 0.630. The zero-order valence-electron chi connectivity index (χ0n) is 7.42. The fraction of sp³-hybridized carbons (Fsp3) is 0.182. The van der Waals surface area contributed by atoms with E-state index in [1.165, 1.54) is 10.9 Å². The van der Waals surface area contributed by atoms with Crippen LogP contribution in [0.3, 0.4) is 0 Å². The lowest BCUT2D eigenvalue weighted by molar-refractivity contribution is 1.15. The Morgan fingerprint density at radius 1 is 1.31 bits per heavy atom. The predicted molar refractivity (Wildman–Crippen MR) is 56.1 cm³/mol. The number of pyridine rings is 1. The number of aromatic nitrogens is 1. The largest absolute Gasteiger partial charge is 0.244 e. The van der Waals surface area contributed by atoms with Gasteiger partial charge in [-0.05, 0) is 23.4 Å². The van der Waals surface area contributed by atoms with E-state index in [0.29, 0.717) is 5.15 Å². The van der Waals surface area contributed by atoms with Crippen molar-refractivity contribution in [2.24, 2.45) is 0 Å². The van der Waals surface area contributed by atoms with Crippen molar-refractivity contribution in [3.05, 3.63) is 41.2 Å². The SMILES string of the molecule is CCc1ccc2c(Cl)nccc2c1. The first-order chi connectivity index (χ1) is 6.31. The number of fused-ring (bicyclic) bond motifs is 1. The Morgan fingerprint density at radius 2 is 2.15 bits per heavy atom. The second kappa shape index (κ2) is 3.35. The van der Waals surface area contributed by atoms with Gasteiger partial charge in [-0.25, -0.2) is 4.98 Å². The third-order valence-corrected chi connectivity index (χ3v) is 2.49. The molecule has 0 fully saturated rings. The van der Waals surface area contributed by atoms with Crippen molar-refractivity contribution < 1.29 is 0 Å². The Bertz CT molecular complexity index is 437. The maximum absolute atomic E-state index is 5.94. The molecule has 0 unspecified atom stereocenters. The second-order valence-electron chi connectivity index (χ2n) is 3.01. The lowest BCUT2D eigenvalue weighted by Crippen LogP contribution is -1.82. The van der Waals surface area contributed by atoms with Gasteiger partial charge in [-0.15, -0.1) is 0 Å². The first-order valence-corrected chi connectivity index (χ1v) is 4.72. The van der Waals surface area contributed by atoms with Crippen LogP contribution in [0.5, 0.6) is 0 Å². The maximum atomic E-state index is 5.94. The molecular formula is C11H10ClN. The van der Waals surface area contributed by atoms with Crippen LogP contribution in [0.25, 0.3) is 10.8 Å². The minimum atomic E-state index is 0.583. The highest BCUT2D eigenvalue weighted by atomic mass is 35.5. The summed E-state index contributed by atoms with van der Waals surface area (Å²) in [6, 6.07) is 8.27. The fourth-order valence-electron chi connectivity index (χ4n) is 1.41. The van der Waals surface area contributed by atoms with Crippen LogP contribution in [0.1, 0.15) is 12.5 Å². The zero-order valence-corrected chi connectivity index (χ0v) is 8.17. The molecule has 0 aliphatic rings. The van der Waals surface area contributed by atoms with Gasteiger partial charge in [0.25, 0.3) is 0 Å². The zero-order chi connectivity index (χ0) is 9.26. The molecule has 0 atom stereocenters. The monoisotopic (exact) mass is 191 g/mol. The van der Waals surface area contributed by atoms with E-state index in [1.54, 1.807) is 6.20 Å². The lowest BCUT2D eigenvalue weighted by atomic mass is 10.1. The van der Waals surface area contributed by atoms with E-state index in [-0.39, 0.29) is 0 Å². The van der Waals surface area contributed by atoms with Crippen LogP contribution in [0.2, 0.25) is 5.15 Å². The molecule has 1 nitrogen and oxygen atoms in total. The number of aryl methyl sites for hydroxylation is 1. The van der Waals surface area contributed by atoms with Gasteiger partial charge in [0, 0.05) is 11.6 Å². The summed E-state index contributed by atoms with van der Waals surface area (Å²) < 4.78 is 0. The van der Waals surface area contributed by atoms with Crippen molar-refractivity contribution in [2.75, 3.05) is 0 Å². The van der Waals surface area contributed by atoms with Crippen molar-refractivity contribution in [1.82, 2.24) is 4.98 Å². The van der Waals surface area contributed by atoms with Crippen LogP contribution in [0.15, 0.2) is 30.5 Å². The van der Waals surface area contributed by atoms with Gasteiger partial charge in [-0.1, -0.05) is 36.7 Å². The van der Waals surface area contributed by atoms with E-state index in [0.717, 1.165) is 11.8 Å². The predicted octanol–water partition coefficient (Wildman–Crippen LogP) is 3.45. The molecule has 0 N–H and O–H groups in total. The molecule has 13 heavy (non-hydrogen) atoms. The van der Waals surface area contributed by atoms with Crippen molar-refractivity contribution in [3.63, 3.8) is 0 Å². The molecule has 66 valence electrons. The van der Waals surface area contributed by atoms with Gasteiger partial charge >= 0.3 is 0 Å². The van der Waals surface area contributed by atoms with E-state index in [9.17, 15) is 0 Å². The molecule has 0 amide bonds. The molecule has 0 bridgehead atoms. The Kier molecular flexibility index (Phi) is 2.19. The Hall–Kier alpha value is -1.08. The van der Waals surface area contributed by atoms with Crippen LogP contribution in [-0.2, 0) is 6.42 Å². The summed E-state index contributed by atoms with van der Waals surface area (Å²) in [7, 11) is 0. The summed E-state index contributed by atoms with van der Waals surface area (Å²) >= 11 is 5.94. The van der Waals surface area contributed by atoms with E-state index in [1.807, 2.05) is 12.1 Å². The number of halogens is 1. The third kappa shape index (κ3) is 1.52. The van der Waals surface area contributed by atoms with Gasteiger partial charge in [0.15, 0.2) is 0 Å². The van der Waals surface area contributed by atoms with Gasteiger partial charge in [-0.2, -0.15) is 0 Å². The van der Waals surface area contributed by atoms with Crippen molar-refractivity contribution in [1.29, 1.82) is 0 Å². The van der Waals surface area contributed by atoms with E-state index in [2.05, 4.69) is 24.0 Å². The molecule has 0 saturated heterocycles. The van der Waals surface area contributed by atoms with Crippen LogP contribution in [0, 0.1) is 0 Å². The van der Waals surface area contributed by atoms with Crippen molar-refractivity contribution in [2.45, 2.75) is 13.3 Å². The highest BCUT2D eigenvalue weighted by Gasteiger charge is 1.99. The summed E-state index contributed by atoms with van der Waals surface area (Å²) in [6.07, 6.45) is 2.79. The number of hydrogen-bond acceptors (Lipinski definition) is 1. The molecule has 2 aromatic rings. The average molecular weight is 192 g/mol. The smallest absolute Gasteiger partial charge is 0.136 e. The first-order valence-electron chi connectivity index (χ1n) is 4.34. The molecule has 0 saturated carbocycles. The first kappa shape index (κ1) is 8.52. The number of hydrogen-bond donors (Lipinski definition) is 0. The summed E-state index contributed by atoms with van der Waals surface area (Å²) in [6.45, 7) is 2.14. The minimum Gasteiger partial charge on any atom is -0.244 e. The van der Waals surface area contributed by atoms with E-state index >= 15 is 0 Å².